The topological polar surface area (TPSA) is 82.6 Å². The van der Waals surface area contributed by atoms with E-state index in [-0.39, 0.29) is 12.9 Å². The Morgan fingerprint density at radius 2 is 1.77 bits per heavy atom. The van der Waals surface area contributed by atoms with Gasteiger partial charge in [0.15, 0.2) is 5.75 Å². The maximum absolute atomic E-state index is 11.9. The van der Waals surface area contributed by atoms with Crippen molar-refractivity contribution in [2.24, 2.45) is 0 Å². The number of benzene rings is 2. The first-order valence-corrected chi connectivity index (χ1v) is 11.6. The molecule has 0 saturated carbocycles. The summed E-state index contributed by atoms with van der Waals surface area (Å²) in [6.07, 6.45) is 2.22. The van der Waals surface area contributed by atoms with Gasteiger partial charge in [0, 0.05) is 23.3 Å². The summed E-state index contributed by atoms with van der Waals surface area (Å²) in [6, 6.07) is 18.0. The Bertz CT molecular complexity index is 1320. The maximum atomic E-state index is 11.9. The number of aromatic nitrogens is 2. The summed E-state index contributed by atoms with van der Waals surface area (Å²) in [5.41, 5.74) is 2.01. The van der Waals surface area contributed by atoms with E-state index < -0.39 is 12.2 Å². The molecule has 0 spiro atoms. The fourth-order valence-electron chi connectivity index (χ4n) is 3.54. The van der Waals surface area contributed by atoms with Crippen molar-refractivity contribution in [3.05, 3.63) is 94.2 Å². The van der Waals surface area contributed by atoms with Crippen LogP contribution in [0.1, 0.15) is 31.0 Å². The molecule has 1 unspecified atom stereocenters. The molecule has 9 heteroatoms. The van der Waals surface area contributed by atoms with Gasteiger partial charge in [-0.05, 0) is 43.7 Å². The summed E-state index contributed by atoms with van der Waals surface area (Å²) < 4.78 is 16.1. The standard InChI is InChI=1S/C26H23Cl2N3O4/c1-16(2)35-26(32)34-15-33-25-19(12-11-17-7-6-14-30-23(17)25)24(31-21-10-3-4-13-29-21)18-8-5-9-20(27)22(18)28/h3-14,16,24H,15H2,1-2H3,(H,29,31). The molecule has 0 radical (unpaired) electrons. The molecule has 2 aromatic carbocycles. The summed E-state index contributed by atoms with van der Waals surface area (Å²) in [5, 5.41) is 5.08. The van der Waals surface area contributed by atoms with E-state index in [1.165, 1.54) is 0 Å². The highest BCUT2D eigenvalue weighted by atomic mass is 35.5. The van der Waals surface area contributed by atoms with Gasteiger partial charge in [-0.3, -0.25) is 4.98 Å². The minimum absolute atomic E-state index is 0.311. The van der Waals surface area contributed by atoms with Gasteiger partial charge < -0.3 is 19.5 Å². The number of pyridine rings is 2. The van der Waals surface area contributed by atoms with Crippen molar-refractivity contribution in [3.8, 4) is 5.75 Å². The van der Waals surface area contributed by atoms with Crippen molar-refractivity contribution in [3.63, 3.8) is 0 Å². The third-order valence-corrected chi connectivity index (χ3v) is 5.86. The number of hydrogen-bond acceptors (Lipinski definition) is 7. The van der Waals surface area contributed by atoms with E-state index >= 15 is 0 Å². The molecule has 35 heavy (non-hydrogen) atoms. The average molecular weight is 512 g/mol. The highest BCUT2D eigenvalue weighted by molar-refractivity contribution is 6.42. The average Bonchev–Trinajstić information content (AvgIpc) is 2.85. The Hall–Kier alpha value is -3.55. The molecule has 4 aromatic rings. The van der Waals surface area contributed by atoms with Gasteiger partial charge in [0.05, 0.1) is 22.2 Å². The molecule has 2 heterocycles. The van der Waals surface area contributed by atoms with Gasteiger partial charge in [-0.1, -0.05) is 59.6 Å². The zero-order valence-corrected chi connectivity index (χ0v) is 20.6. The molecule has 2 aromatic heterocycles. The minimum Gasteiger partial charge on any atom is -0.455 e. The fraction of sp³-hybridized carbons (Fsp3) is 0.192. The lowest BCUT2D eigenvalue weighted by Crippen LogP contribution is -2.18. The molecule has 0 bridgehead atoms. The molecule has 0 aliphatic carbocycles. The highest BCUT2D eigenvalue weighted by Crippen LogP contribution is 2.40. The van der Waals surface area contributed by atoms with Crippen LogP contribution in [0.25, 0.3) is 10.9 Å². The summed E-state index contributed by atoms with van der Waals surface area (Å²) >= 11 is 13.0. The second kappa shape index (κ2) is 11.3. The molecule has 0 amide bonds. The van der Waals surface area contributed by atoms with E-state index in [0.29, 0.717) is 38.3 Å². The summed E-state index contributed by atoms with van der Waals surface area (Å²) in [7, 11) is 0. The van der Waals surface area contributed by atoms with Crippen LogP contribution in [0.3, 0.4) is 0 Å². The molecule has 1 N–H and O–H groups in total. The quantitative estimate of drug-likeness (QED) is 0.200. The van der Waals surface area contributed by atoms with Crippen LogP contribution in [0.4, 0.5) is 10.6 Å². The van der Waals surface area contributed by atoms with E-state index in [1.54, 1.807) is 32.3 Å². The van der Waals surface area contributed by atoms with Crippen LogP contribution in [-0.4, -0.2) is 29.0 Å². The first-order chi connectivity index (χ1) is 16.9. The molecule has 1 atom stereocenters. The van der Waals surface area contributed by atoms with Crippen LogP contribution in [0.15, 0.2) is 73.1 Å². The van der Waals surface area contributed by atoms with Gasteiger partial charge >= 0.3 is 6.16 Å². The zero-order chi connectivity index (χ0) is 24.8. The summed E-state index contributed by atoms with van der Waals surface area (Å²) in [6.45, 7) is 3.10. The lowest BCUT2D eigenvalue weighted by molar-refractivity contribution is -0.00807. The number of nitrogens with zero attached hydrogens (tertiary/aromatic N) is 2. The van der Waals surface area contributed by atoms with Crippen molar-refractivity contribution < 1.29 is 19.0 Å². The monoisotopic (exact) mass is 511 g/mol. The van der Waals surface area contributed by atoms with Gasteiger partial charge in [0.2, 0.25) is 6.79 Å². The van der Waals surface area contributed by atoms with Crippen LogP contribution < -0.4 is 10.1 Å². The first-order valence-electron chi connectivity index (χ1n) is 10.9. The van der Waals surface area contributed by atoms with E-state index in [2.05, 4.69) is 15.3 Å². The smallest absolute Gasteiger partial charge is 0.455 e. The fourth-order valence-corrected chi connectivity index (χ4v) is 3.96. The van der Waals surface area contributed by atoms with Crippen molar-refractivity contribution in [2.75, 3.05) is 12.1 Å². The Balaban J connectivity index is 1.79. The molecular weight excluding hydrogens is 489 g/mol. The number of fused-ring (bicyclic) bond motifs is 1. The van der Waals surface area contributed by atoms with Crippen LogP contribution >= 0.6 is 23.2 Å². The normalized spacial score (nSPS) is 11.8. The predicted octanol–water partition coefficient (Wildman–Crippen LogP) is 7.04. The highest BCUT2D eigenvalue weighted by Gasteiger charge is 2.25. The van der Waals surface area contributed by atoms with E-state index in [1.807, 2.05) is 54.6 Å². The number of ether oxygens (including phenoxy) is 3. The molecule has 0 fully saturated rings. The zero-order valence-electron chi connectivity index (χ0n) is 19.1. The van der Waals surface area contributed by atoms with Gasteiger partial charge in [-0.25, -0.2) is 9.78 Å². The number of halogens is 2. The van der Waals surface area contributed by atoms with Crippen molar-refractivity contribution in [1.29, 1.82) is 0 Å². The molecule has 4 rings (SSSR count). The van der Waals surface area contributed by atoms with Gasteiger partial charge in [0.25, 0.3) is 0 Å². The van der Waals surface area contributed by atoms with Gasteiger partial charge in [-0.2, -0.15) is 0 Å². The molecule has 0 aliphatic heterocycles. The van der Waals surface area contributed by atoms with Crippen LogP contribution in [0, 0.1) is 0 Å². The van der Waals surface area contributed by atoms with Crippen molar-refractivity contribution in [2.45, 2.75) is 26.0 Å². The number of hydrogen-bond donors (Lipinski definition) is 1. The molecule has 0 aliphatic rings. The first kappa shape index (κ1) is 24.6. The third kappa shape index (κ3) is 5.93. The summed E-state index contributed by atoms with van der Waals surface area (Å²) in [4.78, 5) is 20.8. The number of rotatable bonds is 8. The van der Waals surface area contributed by atoms with Crippen molar-refractivity contribution in [1.82, 2.24) is 9.97 Å². The summed E-state index contributed by atoms with van der Waals surface area (Å²) in [5.74, 6) is 1.04. The van der Waals surface area contributed by atoms with Crippen LogP contribution in [-0.2, 0) is 9.47 Å². The van der Waals surface area contributed by atoms with Crippen molar-refractivity contribution >= 4 is 46.1 Å². The number of carbonyl (C=O) groups is 1. The van der Waals surface area contributed by atoms with Gasteiger partial charge in [0.1, 0.15) is 11.3 Å². The maximum Gasteiger partial charge on any atom is 0.511 e. The minimum atomic E-state index is -0.823. The SMILES string of the molecule is CC(C)OC(=O)OCOc1c(C(Nc2ccccn2)c2cccc(Cl)c2Cl)ccc2cccnc12. The lowest BCUT2D eigenvalue weighted by Gasteiger charge is -2.24. The lowest BCUT2D eigenvalue weighted by atomic mass is 9.96. The number of carbonyl (C=O) groups excluding carboxylic acids is 1. The van der Waals surface area contributed by atoms with Gasteiger partial charge in [-0.15, -0.1) is 0 Å². The molecular formula is C26H23Cl2N3O4. The Morgan fingerprint density at radius 1 is 0.943 bits per heavy atom. The predicted molar refractivity (Wildman–Crippen MR) is 136 cm³/mol. The molecule has 7 nitrogen and oxygen atoms in total. The van der Waals surface area contributed by atoms with E-state index in [0.717, 1.165) is 5.39 Å². The second-order valence-electron chi connectivity index (χ2n) is 7.82. The number of nitrogens with one attached hydrogen (secondary N) is 1. The Kier molecular flexibility index (Phi) is 7.90. The van der Waals surface area contributed by atoms with Crippen LogP contribution in [0.5, 0.6) is 5.75 Å². The number of anilines is 1. The third-order valence-electron chi connectivity index (χ3n) is 5.03. The largest absolute Gasteiger partial charge is 0.511 e. The van der Waals surface area contributed by atoms with Crippen LogP contribution in [0.2, 0.25) is 10.0 Å². The molecule has 0 saturated heterocycles. The Labute approximate surface area is 213 Å². The molecule has 180 valence electrons. The van der Waals surface area contributed by atoms with E-state index in [4.69, 9.17) is 37.4 Å². The van der Waals surface area contributed by atoms with E-state index in [9.17, 15) is 4.79 Å². The second-order valence-corrected chi connectivity index (χ2v) is 8.60. The Morgan fingerprint density at radius 3 is 2.54 bits per heavy atom.